The lowest BCUT2D eigenvalue weighted by Gasteiger charge is -2.33. The second kappa shape index (κ2) is 6.09. The van der Waals surface area contributed by atoms with E-state index in [1.807, 2.05) is 13.8 Å². The molecule has 1 heterocycles. The van der Waals surface area contributed by atoms with E-state index in [0.717, 1.165) is 17.0 Å². The number of hydrogen-bond donors (Lipinski definition) is 1. The van der Waals surface area contributed by atoms with Gasteiger partial charge in [0.15, 0.2) is 0 Å². The molecule has 7 heteroatoms. The molecule has 2 rings (SSSR count). The van der Waals surface area contributed by atoms with Gasteiger partial charge >= 0.3 is 0 Å². The summed E-state index contributed by atoms with van der Waals surface area (Å²) in [6.45, 7) is 3.52. The van der Waals surface area contributed by atoms with E-state index in [4.69, 9.17) is 0 Å². The molecular formula is C14H15BrF2N2O2. The number of halogens is 3. The highest BCUT2D eigenvalue weighted by Crippen LogP contribution is 2.28. The number of carbonyl (C=O) groups is 2. The number of hydrogen-bond acceptors (Lipinski definition) is 2. The number of nitrogens with zero attached hydrogens (tertiary/aromatic N) is 1. The summed E-state index contributed by atoms with van der Waals surface area (Å²) in [5.74, 6) is -2.07. The molecule has 0 aliphatic carbocycles. The van der Waals surface area contributed by atoms with Crippen LogP contribution < -0.4 is 10.2 Å². The molecule has 0 saturated carbocycles. The summed E-state index contributed by atoms with van der Waals surface area (Å²) >= 11 is 2.88. The summed E-state index contributed by atoms with van der Waals surface area (Å²) in [5, 5.41) is 2.59. The van der Waals surface area contributed by atoms with Crippen molar-refractivity contribution >= 4 is 33.4 Å². The van der Waals surface area contributed by atoms with Gasteiger partial charge in [-0.3, -0.25) is 14.5 Å². The molecule has 2 amide bonds. The average Bonchev–Trinajstić information content (AvgIpc) is 2.37. The number of benzene rings is 1. The first-order valence-electron chi connectivity index (χ1n) is 6.55. The summed E-state index contributed by atoms with van der Waals surface area (Å²) in [6.07, 6.45) is 0.446. The van der Waals surface area contributed by atoms with Gasteiger partial charge in [-0.05, 0) is 34.3 Å². The third kappa shape index (κ3) is 3.40. The fraction of sp³-hybridized carbons (Fsp3) is 0.429. The van der Waals surface area contributed by atoms with Crippen LogP contribution in [-0.4, -0.2) is 24.4 Å². The van der Waals surface area contributed by atoms with Crippen molar-refractivity contribution in [3.63, 3.8) is 0 Å². The van der Waals surface area contributed by atoms with Crippen LogP contribution in [0.4, 0.5) is 14.5 Å². The SMILES string of the molecule is CC(C)CC1NC(=O)CN(c2cc(F)c(Br)cc2F)C1=O. The normalized spacial score (nSPS) is 19.1. The average molecular weight is 361 g/mol. The molecule has 4 nitrogen and oxygen atoms in total. The Labute approximate surface area is 129 Å². The fourth-order valence-corrected chi connectivity index (χ4v) is 2.58. The highest BCUT2D eigenvalue weighted by atomic mass is 79.9. The van der Waals surface area contributed by atoms with Crippen LogP contribution in [0.3, 0.4) is 0 Å². The Bertz CT molecular complexity index is 593. The van der Waals surface area contributed by atoms with Crippen molar-refractivity contribution in [2.75, 3.05) is 11.4 Å². The van der Waals surface area contributed by atoms with E-state index in [2.05, 4.69) is 21.2 Å². The molecule has 1 atom stereocenters. The maximum absolute atomic E-state index is 14.0. The highest BCUT2D eigenvalue weighted by molar-refractivity contribution is 9.10. The van der Waals surface area contributed by atoms with Gasteiger partial charge in [0.25, 0.3) is 0 Å². The van der Waals surface area contributed by atoms with Crippen molar-refractivity contribution in [3.05, 3.63) is 28.2 Å². The lowest BCUT2D eigenvalue weighted by Crippen LogP contribution is -2.58. The predicted octanol–water partition coefficient (Wildman–Crippen LogP) is 2.60. The standard InChI is InChI=1S/C14H15BrF2N2O2/c1-7(2)3-11-14(21)19(6-13(20)18-11)12-5-9(16)8(15)4-10(12)17/h4-5,7,11H,3,6H2,1-2H3,(H,18,20). The Morgan fingerprint density at radius 2 is 2.00 bits per heavy atom. The van der Waals surface area contributed by atoms with Gasteiger partial charge in [0, 0.05) is 6.07 Å². The fourth-order valence-electron chi connectivity index (χ4n) is 2.27. The number of carbonyl (C=O) groups excluding carboxylic acids is 2. The van der Waals surface area contributed by atoms with E-state index in [1.165, 1.54) is 0 Å². The molecule has 0 aromatic heterocycles. The van der Waals surface area contributed by atoms with Gasteiger partial charge in [-0.15, -0.1) is 0 Å². The monoisotopic (exact) mass is 360 g/mol. The van der Waals surface area contributed by atoms with Crippen molar-refractivity contribution < 1.29 is 18.4 Å². The van der Waals surface area contributed by atoms with E-state index in [9.17, 15) is 18.4 Å². The molecule has 1 N–H and O–H groups in total. The van der Waals surface area contributed by atoms with Crippen molar-refractivity contribution in [1.29, 1.82) is 0 Å². The van der Waals surface area contributed by atoms with Crippen LogP contribution in [0.5, 0.6) is 0 Å². The zero-order valence-corrected chi connectivity index (χ0v) is 13.2. The first-order chi connectivity index (χ1) is 9.79. The van der Waals surface area contributed by atoms with Gasteiger partial charge in [0.05, 0.1) is 10.2 Å². The van der Waals surface area contributed by atoms with Gasteiger partial charge in [-0.25, -0.2) is 8.78 Å². The molecule has 0 bridgehead atoms. The van der Waals surface area contributed by atoms with Crippen LogP contribution in [0.1, 0.15) is 20.3 Å². The Morgan fingerprint density at radius 3 is 2.62 bits per heavy atom. The molecule has 1 aliphatic heterocycles. The first kappa shape index (κ1) is 15.9. The van der Waals surface area contributed by atoms with Crippen molar-refractivity contribution in [3.8, 4) is 0 Å². The van der Waals surface area contributed by atoms with Crippen molar-refractivity contribution in [2.24, 2.45) is 5.92 Å². The van der Waals surface area contributed by atoms with Crippen LogP contribution in [0.25, 0.3) is 0 Å². The molecule has 114 valence electrons. The van der Waals surface area contributed by atoms with Crippen LogP contribution in [0, 0.1) is 17.6 Å². The quantitative estimate of drug-likeness (QED) is 0.842. The van der Waals surface area contributed by atoms with E-state index in [1.54, 1.807) is 0 Å². The van der Waals surface area contributed by atoms with E-state index in [0.29, 0.717) is 6.42 Å². The number of anilines is 1. The van der Waals surface area contributed by atoms with Gasteiger partial charge in [-0.2, -0.15) is 0 Å². The number of rotatable bonds is 3. The molecule has 1 aromatic rings. The minimum atomic E-state index is -0.755. The Balaban J connectivity index is 2.36. The summed E-state index contributed by atoms with van der Waals surface area (Å²) in [7, 11) is 0. The van der Waals surface area contributed by atoms with Gasteiger partial charge in [-0.1, -0.05) is 13.8 Å². The highest BCUT2D eigenvalue weighted by Gasteiger charge is 2.35. The minimum Gasteiger partial charge on any atom is -0.343 e. The number of amides is 2. The smallest absolute Gasteiger partial charge is 0.250 e. The molecule has 1 unspecified atom stereocenters. The Morgan fingerprint density at radius 1 is 1.33 bits per heavy atom. The van der Waals surface area contributed by atoms with Crippen LogP contribution in [-0.2, 0) is 9.59 Å². The molecule has 0 radical (unpaired) electrons. The van der Waals surface area contributed by atoms with E-state index in [-0.39, 0.29) is 28.5 Å². The Hall–Kier alpha value is -1.50. The van der Waals surface area contributed by atoms with Gasteiger partial charge in [0.2, 0.25) is 11.8 Å². The summed E-state index contributed by atoms with van der Waals surface area (Å²) in [4.78, 5) is 25.1. The molecule has 21 heavy (non-hydrogen) atoms. The zero-order chi connectivity index (χ0) is 15.7. The lowest BCUT2D eigenvalue weighted by molar-refractivity contribution is -0.131. The molecule has 1 aliphatic rings. The molecule has 1 fully saturated rings. The van der Waals surface area contributed by atoms with Crippen molar-refractivity contribution in [2.45, 2.75) is 26.3 Å². The summed E-state index contributed by atoms with van der Waals surface area (Å²) in [6, 6.07) is 1.15. The summed E-state index contributed by atoms with van der Waals surface area (Å²) in [5.41, 5.74) is -0.218. The Kier molecular flexibility index (Phi) is 4.61. The van der Waals surface area contributed by atoms with E-state index >= 15 is 0 Å². The maximum Gasteiger partial charge on any atom is 0.250 e. The third-order valence-electron chi connectivity index (χ3n) is 3.19. The van der Waals surface area contributed by atoms with Crippen LogP contribution >= 0.6 is 15.9 Å². The molecular weight excluding hydrogens is 346 g/mol. The van der Waals surface area contributed by atoms with Gasteiger partial charge < -0.3 is 5.32 Å². The molecule has 0 spiro atoms. The minimum absolute atomic E-state index is 0.0311. The van der Waals surface area contributed by atoms with E-state index < -0.39 is 23.6 Å². The first-order valence-corrected chi connectivity index (χ1v) is 7.34. The second-order valence-corrected chi connectivity index (χ2v) is 6.25. The number of piperazine rings is 1. The molecule has 1 saturated heterocycles. The lowest BCUT2D eigenvalue weighted by atomic mass is 10.0. The zero-order valence-electron chi connectivity index (χ0n) is 11.6. The maximum atomic E-state index is 14.0. The predicted molar refractivity (Wildman–Crippen MR) is 77.8 cm³/mol. The topological polar surface area (TPSA) is 49.4 Å². The molecule has 1 aromatic carbocycles. The number of nitrogens with one attached hydrogen (secondary N) is 1. The van der Waals surface area contributed by atoms with Crippen LogP contribution in [0.15, 0.2) is 16.6 Å². The van der Waals surface area contributed by atoms with Gasteiger partial charge in [0.1, 0.15) is 24.2 Å². The second-order valence-electron chi connectivity index (χ2n) is 5.39. The van der Waals surface area contributed by atoms with Crippen LogP contribution in [0.2, 0.25) is 0 Å². The third-order valence-corrected chi connectivity index (χ3v) is 3.80. The summed E-state index contributed by atoms with van der Waals surface area (Å²) < 4.78 is 27.5. The van der Waals surface area contributed by atoms with Crippen molar-refractivity contribution in [1.82, 2.24) is 5.32 Å². The largest absolute Gasteiger partial charge is 0.343 e.